The molecule has 0 atom stereocenters. The summed E-state index contributed by atoms with van der Waals surface area (Å²) in [5.74, 6) is 0.402. The van der Waals surface area contributed by atoms with Gasteiger partial charge in [0.15, 0.2) is 0 Å². The summed E-state index contributed by atoms with van der Waals surface area (Å²) in [5.41, 5.74) is 8.32. The van der Waals surface area contributed by atoms with Crippen molar-refractivity contribution in [1.82, 2.24) is 0 Å². The Morgan fingerprint density at radius 1 is 1.14 bits per heavy atom. The molecule has 21 heavy (non-hydrogen) atoms. The molecule has 2 aliphatic rings. The molecule has 1 heterocycles. The van der Waals surface area contributed by atoms with Crippen LogP contribution in [0, 0.1) is 0 Å². The number of anilines is 1. The molecule has 4 heteroatoms. The normalized spacial score (nSPS) is 22.2. The molecule has 2 fully saturated rings. The number of nitrogens with two attached hydrogens (primary N) is 1. The van der Waals surface area contributed by atoms with E-state index in [1.807, 2.05) is 12.1 Å². The molecule has 3 N–H and O–H groups in total. The third kappa shape index (κ3) is 2.87. The van der Waals surface area contributed by atoms with Gasteiger partial charge in [-0.25, -0.2) is 0 Å². The monoisotopic (exact) mass is 290 g/mol. The number of hydrogen-bond acceptors (Lipinski definition) is 4. The molecular weight excluding hydrogens is 264 g/mol. The molecule has 0 amide bonds. The maximum Gasteiger partial charge on any atom is 0.119 e. The summed E-state index contributed by atoms with van der Waals surface area (Å²) >= 11 is 0. The first-order chi connectivity index (χ1) is 10.2. The molecule has 3 rings (SSSR count). The van der Waals surface area contributed by atoms with E-state index in [0.717, 1.165) is 44.7 Å². The zero-order valence-electron chi connectivity index (χ0n) is 12.7. The SMILES string of the molecule is NCC1(c2cc(N3CCOCC3)ccc2O)CCCCC1. The Hall–Kier alpha value is -1.26. The van der Waals surface area contributed by atoms with Gasteiger partial charge in [0.05, 0.1) is 13.2 Å². The van der Waals surface area contributed by atoms with Crippen LogP contribution in [0.25, 0.3) is 0 Å². The second-order valence-corrected chi connectivity index (χ2v) is 6.35. The zero-order chi connectivity index (χ0) is 14.7. The zero-order valence-corrected chi connectivity index (χ0v) is 12.7. The first kappa shape index (κ1) is 14.7. The minimum Gasteiger partial charge on any atom is -0.508 e. The van der Waals surface area contributed by atoms with Gasteiger partial charge in [-0.2, -0.15) is 0 Å². The Morgan fingerprint density at radius 3 is 2.52 bits per heavy atom. The van der Waals surface area contributed by atoms with Gasteiger partial charge in [0.2, 0.25) is 0 Å². The molecule has 0 bridgehead atoms. The number of phenolic OH excluding ortho intramolecular Hbond substituents is 1. The topological polar surface area (TPSA) is 58.7 Å². The van der Waals surface area contributed by atoms with Crippen molar-refractivity contribution in [2.75, 3.05) is 37.7 Å². The van der Waals surface area contributed by atoms with Crippen LogP contribution in [-0.4, -0.2) is 38.0 Å². The van der Waals surface area contributed by atoms with E-state index in [1.165, 1.54) is 24.9 Å². The molecule has 4 nitrogen and oxygen atoms in total. The third-order valence-corrected chi connectivity index (χ3v) is 5.13. The molecule has 1 aromatic rings. The largest absolute Gasteiger partial charge is 0.508 e. The van der Waals surface area contributed by atoms with Gasteiger partial charge < -0.3 is 20.5 Å². The first-order valence-corrected chi connectivity index (χ1v) is 8.11. The molecule has 0 spiro atoms. The summed E-state index contributed by atoms with van der Waals surface area (Å²) in [7, 11) is 0. The Kier molecular flexibility index (Phi) is 4.36. The standard InChI is InChI=1S/C17H26N2O2/c18-13-17(6-2-1-3-7-17)15-12-14(4-5-16(15)20)19-8-10-21-11-9-19/h4-5,12,20H,1-3,6-11,13,18H2. The highest BCUT2D eigenvalue weighted by atomic mass is 16.5. The lowest BCUT2D eigenvalue weighted by Gasteiger charge is -2.38. The minimum atomic E-state index is -0.0371. The van der Waals surface area contributed by atoms with E-state index in [0.29, 0.717) is 12.3 Å². The average molecular weight is 290 g/mol. The summed E-state index contributed by atoms with van der Waals surface area (Å²) in [6, 6.07) is 6.02. The number of hydrogen-bond donors (Lipinski definition) is 2. The highest BCUT2D eigenvalue weighted by Gasteiger charge is 2.35. The number of nitrogens with zero attached hydrogens (tertiary/aromatic N) is 1. The molecule has 0 unspecified atom stereocenters. The van der Waals surface area contributed by atoms with Crippen molar-refractivity contribution in [3.05, 3.63) is 23.8 Å². The summed E-state index contributed by atoms with van der Waals surface area (Å²) in [4.78, 5) is 2.33. The van der Waals surface area contributed by atoms with Crippen molar-refractivity contribution in [3.63, 3.8) is 0 Å². The van der Waals surface area contributed by atoms with Gasteiger partial charge in [-0.1, -0.05) is 19.3 Å². The van der Waals surface area contributed by atoms with Crippen LogP contribution in [0.15, 0.2) is 18.2 Å². The number of aromatic hydroxyl groups is 1. The average Bonchev–Trinajstić information content (AvgIpc) is 2.57. The molecule has 1 aliphatic carbocycles. The van der Waals surface area contributed by atoms with Gasteiger partial charge in [-0.3, -0.25) is 0 Å². The highest BCUT2D eigenvalue weighted by molar-refractivity contribution is 5.55. The fourth-order valence-corrected chi connectivity index (χ4v) is 3.78. The predicted octanol–water partition coefficient (Wildman–Crippen LogP) is 2.39. The van der Waals surface area contributed by atoms with E-state index in [9.17, 15) is 5.11 Å². The van der Waals surface area contributed by atoms with Crippen molar-refractivity contribution >= 4 is 5.69 Å². The second-order valence-electron chi connectivity index (χ2n) is 6.35. The first-order valence-electron chi connectivity index (χ1n) is 8.11. The molecule has 1 saturated carbocycles. The highest BCUT2D eigenvalue weighted by Crippen LogP contribution is 2.43. The Labute approximate surface area is 126 Å². The Bertz CT molecular complexity index is 478. The van der Waals surface area contributed by atoms with E-state index in [2.05, 4.69) is 11.0 Å². The van der Waals surface area contributed by atoms with Crippen molar-refractivity contribution in [2.24, 2.45) is 5.73 Å². The lowest BCUT2D eigenvalue weighted by molar-refractivity contribution is 0.122. The number of benzene rings is 1. The van der Waals surface area contributed by atoms with E-state index in [-0.39, 0.29) is 5.41 Å². The molecule has 0 aromatic heterocycles. The van der Waals surface area contributed by atoms with Crippen LogP contribution >= 0.6 is 0 Å². The van der Waals surface area contributed by atoms with E-state index < -0.39 is 0 Å². The van der Waals surface area contributed by atoms with Gasteiger partial charge in [0, 0.05) is 36.3 Å². The van der Waals surface area contributed by atoms with Crippen LogP contribution < -0.4 is 10.6 Å². The molecule has 1 aromatic carbocycles. The number of ether oxygens (including phenoxy) is 1. The third-order valence-electron chi connectivity index (χ3n) is 5.13. The van der Waals surface area contributed by atoms with Crippen molar-refractivity contribution in [2.45, 2.75) is 37.5 Å². The van der Waals surface area contributed by atoms with Crippen LogP contribution in [-0.2, 0) is 10.2 Å². The van der Waals surface area contributed by atoms with Crippen LogP contribution in [0.2, 0.25) is 0 Å². The van der Waals surface area contributed by atoms with Crippen LogP contribution in [0.5, 0.6) is 5.75 Å². The van der Waals surface area contributed by atoms with Crippen molar-refractivity contribution < 1.29 is 9.84 Å². The fraction of sp³-hybridized carbons (Fsp3) is 0.647. The lowest BCUT2D eigenvalue weighted by Crippen LogP contribution is -2.38. The lowest BCUT2D eigenvalue weighted by atomic mass is 9.69. The van der Waals surface area contributed by atoms with E-state index >= 15 is 0 Å². The van der Waals surface area contributed by atoms with Gasteiger partial charge in [-0.15, -0.1) is 0 Å². The minimum absolute atomic E-state index is 0.0371. The summed E-state index contributed by atoms with van der Waals surface area (Å²) in [6.45, 7) is 4.00. The van der Waals surface area contributed by atoms with E-state index in [1.54, 1.807) is 0 Å². The van der Waals surface area contributed by atoms with Crippen LogP contribution in [0.4, 0.5) is 5.69 Å². The summed E-state index contributed by atoms with van der Waals surface area (Å²) in [5, 5.41) is 10.4. The predicted molar refractivity (Wildman–Crippen MR) is 85.0 cm³/mol. The van der Waals surface area contributed by atoms with Gasteiger partial charge in [-0.05, 0) is 31.0 Å². The van der Waals surface area contributed by atoms with Crippen LogP contribution in [0.1, 0.15) is 37.7 Å². The molecule has 0 radical (unpaired) electrons. The summed E-state index contributed by atoms with van der Waals surface area (Å²) < 4.78 is 5.42. The Morgan fingerprint density at radius 2 is 1.86 bits per heavy atom. The summed E-state index contributed by atoms with van der Waals surface area (Å²) in [6.07, 6.45) is 5.87. The quantitative estimate of drug-likeness (QED) is 0.897. The number of morpholine rings is 1. The molecule has 1 saturated heterocycles. The molecule has 1 aliphatic heterocycles. The fourth-order valence-electron chi connectivity index (χ4n) is 3.78. The van der Waals surface area contributed by atoms with Gasteiger partial charge in [0.25, 0.3) is 0 Å². The van der Waals surface area contributed by atoms with Crippen LogP contribution in [0.3, 0.4) is 0 Å². The maximum atomic E-state index is 10.4. The van der Waals surface area contributed by atoms with Crippen molar-refractivity contribution in [1.29, 1.82) is 0 Å². The van der Waals surface area contributed by atoms with Crippen molar-refractivity contribution in [3.8, 4) is 5.75 Å². The second kappa shape index (κ2) is 6.24. The van der Waals surface area contributed by atoms with Gasteiger partial charge in [0.1, 0.15) is 5.75 Å². The van der Waals surface area contributed by atoms with Gasteiger partial charge >= 0.3 is 0 Å². The van der Waals surface area contributed by atoms with E-state index in [4.69, 9.17) is 10.5 Å². The maximum absolute atomic E-state index is 10.4. The number of rotatable bonds is 3. The molecular formula is C17H26N2O2. The smallest absolute Gasteiger partial charge is 0.119 e. The Balaban J connectivity index is 1.93. The number of phenols is 1. The molecule has 116 valence electrons.